The lowest BCUT2D eigenvalue weighted by Crippen LogP contribution is -2.41. The Morgan fingerprint density at radius 2 is 1.59 bits per heavy atom. The number of carbonyl (C=O) groups excluding carboxylic acids is 3. The number of rotatable bonds is 6. The van der Waals surface area contributed by atoms with Crippen LogP contribution in [-0.2, 0) is 9.53 Å². The molecule has 2 rings (SSSR count). The molecule has 8 heteroatoms. The van der Waals surface area contributed by atoms with Gasteiger partial charge in [0.2, 0.25) is 6.10 Å². The summed E-state index contributed by atoms with van der Waals surface area (Å²) in [6.07, 6.45) is -1.30. The SMILES string of the molecule is CNC(=O)NC(=O)[C@@H](OC(=O)c1ccc(OC)c(OC)c1)c1ccccc1. The molecule has 2 N–H and O–H groups in total. The van der Waals surface area contributed by atoms with Gasteiger partial charge in [-0.1, -0.05) is 30.3 Å². The highest BCUT2D eigenvalue weighted by molar-refractivity contribution is 5.99. The Kier molecular flexibility index (Phi) is 6.76. The van der Waals surface area contributed by atoms with Crippen molar-refractivity contribution in [3.8, 4) is 11.5 Å². The van der Waals surface area contributed by atoms with Gasteiger partial charge >= 0.3 is 12.0 Å². The number of carbonyl (C=O) groups is 3. The predicted molar refractivity (Wildman–Crippen MR) is 96.7 cm³/mol. The lowest BCUT2D eigenvalue weighted by molar-refractivity contribution is -0.129. The highest BCUT2D eigenvalue weighted by Crippen LogP contribution is 2.29. The summed E-state index contributed by atoms with van der Waals surface area (Å²) in [5.74, 6) is -0.727. The van der Waals surface area contributed by atoms with Gasteiger partial charge in [0.15, 0.2) is 11.5 Å². The molecule has 0 spiro atoms. The van der Waals surface area contributed by atoms with Crippen LogP contribution in [0.2, 0.25) is 0 Å². The first-order valence-electron chi connectivity index (χ1n) is 8.00. The second-order valence-electron chi connectivity index (χ2n) is 5.33. The van der Waals surface area contributed by atoms with E-state index in [1.165, 1.54) is 33.4 Å². The van der Waals surface area contributed by atoms with Crippen molar-refractivity contribution in [1.29, 1.82) is 0 Å². The molecule has 0 aliphatic heterocycles. The van der Waals surface area contributed by atoms with Crippen LogP contribution >= 0.6 is 0 Å². The summed E-state index contributed by atoms with van der Waals surface area (Å²) in [5, 5.41) is 4.39. The minimum atomic E-state index is -1.30. The smallest absolute Gasteiger partial charge is 0.339 e. The summed E-state index contributed by atoms with van der Waals surface area (Å²) in [5.41, 5.74) is 0.592. The van der Waals surface area contributed by atoms with Gasteiger partial charge < -0.3 is 19.5 Å². The Balaban J connectivity index is 2.28. The van der Waals surface area contributed by atoms with Gasteiger partial charge in [-0.2, -0.15) is 0 Å². The van der Waals surface area contributed by atoms with Crippen LogP contribution in [0.25, 0.3) is 0 Å². The van der Waals surface area contributed by atoms with Crippen molar-refractivity contribution in [3.05, 3.63) is 59.7 Å². The lowest BCUT2D eigenvalue weighted by Gasteiger charge is -2.18. The molecule has 2 aromatic carbocycles. The standard InChI is InChI=1S/C19H20N2O6/c1-20-19(24)21-17(22)16(12-7-5-4-6-8-12)27-18(23)13-9-10-14(25-2)15(11-13)26-3/h4-11,16H,1-3H3,(H2,20,21,22,24)/t16-/m0/s1. The van der Waals surface area contributed by atoms with Gasteiger partial charge in [-0.15, -0.1) is 0 Å². The number of urea groups is 1. The normalized spacial score (nSPS) is 11.1. The molecule has 0 unspecified atom stereocenters. The van der Waals surface area contributed by atoms with Crippen LogP contribution in [0.15, 0.2) is 48.5 Å². The van der Waals surface area contributed by atoms with Gasteiger partial charge in [-0.05, 0) is 18.2 Å². The first kappa shape index (κ1) is 19.8. The molecule has 0 aliphatic carbocycles. The fourth-order valence-corrected chi connectivity index (χ4v) is 2.28. The van der Waals surface area contributed by atoms with E-state index in [-0.39, 0.29) is 5.56 Å². The summed E-state index contributed by atoms with van der Waals surface area (Å²) < 4.78 is 15.7. The average Bonchev–Trinajstić information content (AvgIpc) is 2.71. The highest BCUT2D eigenvalue weighted by Gasteiger charge is 2.27. The summed E-state index contributed by atoms with van der Waals surface area (Å²) in [6.45, 7) is 0. The minimum absolute atomic E-state index is 0.168. The Bertz CT molecular complexity index is 822. The molecule has 0 fully saturated rings. The third-order valence-corrected chi connectivity index (χ3v) is 3.65. The fraction of sp³-hybridized carbons (Fsp3) is 0.211. The van der Waals surface area contributed by atoms with E-state index in [4.69, 9.17) is 14.2 Å². The van der Waals surface area contributed by atoms with Crippen LogP contribution in [0.3, 0.4) is 0 Å². The summed E-state index contributed by atoms with van der Waals surface area (Å²) in [7, 11) is 4.29. The number of benzene rings is 2. The highest BCUT2D eigenvalue weighted by atomic mass is 16.5. The van der Waals surface area contributed by atoms with Crippen molar-refractivity contribution in [2.24, 2.45) is 0 Å². The number of methoxy groups -OCH3 is 2. The fourth-order valence-electron chi connectivity index (χ4n) is 2.28. The third kappa shape index (κ3) is 4.97. The van der Waals surface area contributed by atoms with Gasteiger partial charge in [0.25, 0.3) is 5.91 Å². The van der Waals surface area contributed by atoms with Gasteiger partial charge in [0.1, 0.15) is 0 Å². The van der Waals surface area contributed by atoms with Gasteiger partial charge in [0.05, 0.1) is 19.8 Å². The zero-order valence-corrected chi connectivity index (χ0v) is 15.1. The number of amides is 3. The van der Waals surface area contributed by atoms with Crippen LogP contribution in [0, 0.1) is 0 Å². The largest absolute Gasteiger partial charge is 0.493 e. The first-order chi connectivity index (χ1) is 13.0. The molecule has 142 valence electrons. The maximum absolute atomic E-state index is 12.6. The number of hydrogen-bond acceptors (Lipinski definition) is 6. The maximum Gasteiger partial charge on any atom is 0.339 e. The van der Waals surface area contributed by atoms with Crippen LogP contribution < -0.4 is 20.1 Å². The number of ether oxygens (including phenoxy) is 3. The van der Waals surface area contributed by atoms with Crippen molar-refractivity contribution in [1.82, 2.24) is 10.6 Å². The van der Waals surface area contributed by atoms with E-state index < -0.39 is 24.0 Å². The summed E-state index contributed by atoms with van der Waals surface area (Å²) >= 11 is 0. The molecule has 0 bridgehead atoms. The Morgan fingerprint density at radius 1 is 0.926 bits per heavy atom. The van der Waals surface area contributed by atoms with E-state index in [2.05, 4.69) is 10.6 Å². The third-order valence-electron chi connectivity index (χ3n) is 3.65. The van der Waals surface area contributed by atoms with Crippen LogP contribution in [0.5, 0.6) is 11.5 Å². The summed E-state index contributed by atoms with van der Waals surface area (Å²) in [4.78, 5) is 36.4. The molecule has 0 aromatic heterocycles. The number of hydrogen-bond donors (Lipinski definition) is 2. The van der Waals surface area contributed by atoms with Crippen molar-refractivity contribution >= 4 is 17.9 Å². The van der Waals surface area contributed by atoms with Crippen LogP contribution in [-0.4, -0.2) is 39.2 Å². The molecular formula is C19H20N2O6. The Labute approximate surface area is 156 Å². The zero-order chi connectivity index (χ0) is 19.8. The van der Waals surface area contributed by atoms with Crippen molar-refractivity contribution in [2.45, 2.75) is 6.10 Å². The Hall–Kier alpha value is -3.55. The predicted octanol–water partition coefficient (Wildman–Crippen LogP) is 2.06. The van der Waals surface area contributed by atoms with Gasteiger partial charge in [-0.3, -0.25) is 10.1 Å². The van der Waals surface area contributed by atoms with Crippen molar-refractivity contribution < 1.29 is 28.6 Å². The van der Waals surface area contributed by atoms with E-state index in [9.17, 15) is 14.4 Å². The Morgan fingerprint density at radius 3 is 2.19 bits per heavy atom. The van der Waals surface area contributed by atoms with E-state index in [0.29, 0.717) is 17.1 Å². The molecule has 27 heavy (non-hydrogen) atoms. The number of nitrogens with one attached hydrogen (secondary N) is 2. The van der Waals surface area contributed by atoms with E-state index in [1.807, 2.05) is 0 Å². The maximum atomic E-state index is 12.6. The molecule has 0 saturated carbocycles. The summed E-state index contributed by atoms with van der Waals surface area (Å²) in [6, 6.07) is 12.2. The minimum Gasteiger partial charge on any atom is -0.493 e. The molecule has 2 aromatic rings. The topological polar surface area (TPSA) is 103 Å². The second-order valence-corrected chi connectivity index (χ2v) is 5.33. The first-order valence-corrected chi connectivity index (χ1v) is 8.00. The van der Waals surface area contributed by atoms with E-state index in [0.717, 1.165) is 0 Å². The average molecular weight is 372 g/mol. The molecule has 0 aliphatic rings. The van der Waals surface area contributed by atoms with Crippen molar-refractivity contribution in [2.75, 3.05) is 21.3 Å². The molecule has 8 nitrogen and oxygen atoms in total. The zero-order valence-electron chi connectivity index (χ0n) is 15.1. The quantitative estimate of drug-likeness (QED) is 0.753. The number of imide groups is 1. The molecule has 0 radical (unpaired) electrons. The van der Waals surface area contributed by atoms with Gasteiger partial charge in [0, 0.05) is 12.6 Å². The lowest BCUT2D eigenvalue weighted by atomic mass is 10.1. The van der Waals surface area contributed by atoms with E-state index >= 15 is 0 Å². The molecule has 3 amide bonds. The van der Waals surface area contributed by atoms with E-state index in [1.54, 1.807) is 36.4 Å². The van der Waals surface area contributed by atoms with Crippen molar-refractivity contribution in [3.63, 3.8) is 0 Å². The molecule has 0 heterocycles. The molecular weight excluding hydrogens is 352 g/mol. The van der Waals surface area contributed by atoms with Crippen LogP contribution in [0.1, 0.15) is 22.0 Å². The monoisotopic (exact) mass is 372 g/mol. The van der Waals surface area contributed by atoms with Crippen LogP contribution in [0.4, 0.5) is 4.79 Å². The van der Waals surface area contributed by atoms with Gasteiger partial charge in [-0.25, -0.2) is 9.59 Å². The molecule has 0 saturated heterocycles. The second kappa shape index (κ2) is 9.23. The molecule has 1 atom stereocenters. The number of esters is 1.